The molecular weight excluding hydrogens is 204 g/mol. The standard InChI is InChI=1S/C13H20OS/c1-4-15-9-13(14)8-12-7-10(2)5-6-11(12)3/h5-7,13-14H,4,8-9H2,1-3H3. The molecule has 2 heteroatoms. The molecule has 0 radical (unpaired) electrons. The fourth-order valence-electron chi connectivity index (χ4n) is 1.59. The molecule has 1 rings (SSSR count). The zero-order valence-electron chi connectivity index (χ0n) is 9.79. The highest BCUT2D eigenvalue weighted by Gasteiger charge is 2.07. The van der Waals surface area contributed by atoms with E-state index in [1.54, 1.807) is 11.8 Å². The Morgan fingerprint density at radius 2 is 2.07 bits per heavy atom. The first-order valence-electron chi connectivity index (χ1n) is 5.45. The maximum Gasteiger partial charge on any atom is 0.0670 e. The summed E-state index contributed by atoms with van der Waals surface area (Å²) in [5, 5.41) is 9.83. The minimum absolute atomic E-state index is 0.213. The van der Waals surface area contributed by atoms with Gasteiger partial charge in [0.2, 0.25) is 0 Å². The van der Waals surface area contributed by atoms with Crippen LogP contribution in [-0.4, -0.2) is 22.7 Å². The molecule has 0 saturated carbocycles. The Hall–Kier alpha value is -0.470. The summed E-state index contributed by atoms with van der Waals surface area (Å²) in [5.74, 6) is 1.91. The van der Waals surface area contributed by atoms with Gasteiger partial charge in [-0.3, -0.25) is 0 Å². The molecule has 1 aromatic carbocycles. The second-order valence-electron chi connectivity index (χ2n) is 3.95. The average Bonchev–Trinajstić information content (AvgIpc) is 2.20. The van der Waals surface area contributed by atoms with Gasteiger partial charge in [0.1, 0.15) is 0 Å². The Kier molecular flexibility index (Phi) is 5.20. The highest BCUT2D eigenvalue weighted by Crippen LogP contribution is 2.14. The van der Waals surface area contributed by atoms with E-state index in [-0.39, 0.29) is 6.10 Å². The van der Waals surface area contributed by atoms with E-state index in [0.717, 1.165) is 17.9 Å². The third-order valence-corrected chi connectivity index (χ3v) is 3.50. The van der Waals surface area contributed by atoms with Crippen LogP contribution in [-0.2, 0) is 6.42 Å². The van der Waals surface area contributed by atoms with E-state index in [4.69, 9.17) is 0 Å². The molecule has 0 heterocycles. The molecule has 0 saturated heterocycles. The summed E-state index contributed by atoms with van der Waals surface area (Å²) in [6, 6.07) is 6.42. The lowest BCUT2D eigenvalue weighted by Crippen LogP contribution is -2.14. The van der Waals surface area contributed by atoms with Crippen molar-refractivity contribution in [3.8, 4) is 0 Å². The quantitative estimate of drug-likeness (QED) is 0.830. The van der Waals surface area contributed by atoms with Crippen molar-refractivity contribution in [2.45, 2.75) is 33.3 Å². The minimum Gasteiger partial charge on any atom is -0.392 e. The Bertz CT molecular complexity index is 309. The molecule has 15 heavy (non-hydrogen) atoms. The number of aliphatic hydroxyl groups is 1. The maximum atomic E-state index is 9.83. The summed E-state index contributed by atoms with van der Waals surface area (Å²) in [7, 11) is 0. The molecule has 1 unspecified atom stereocenters. The van der Waals surface area contributed by atoms with Gasteiger partial charge in [-0.1, -0.05) is 30.7 Å². The minimum atomic E-state index is -0.213. The summed E-state index contributed by atoms with van der Waals surface area (Å²) in [4.78, 5) is 0. The van der Waals surface area contributed by atoms with Crippen LogP contribution in [0.1, 0.15) is 23.6 Å². The summed E-state index contributed by atoms with van der Waals surface area (Å²) in [6.07, 6.45) is 0.566. The molecule has 1 atom stereocenters. The zero-order valence-corrected chi connectivity index (χ0v) is 10.6. The van der Waals surface area contributed by atoms with Crippen molar-refractivity contribution in [1.82, 2.24) is 0 Å². The van der Waals surface area contributed by atoms with Crippen LogP contribution in [0.4, 0.5) is 0 Å². The van der Waals surface area contributed by atoms with Gasteiger partial charge in [-0.2, -0.15) is 11.8 Å². The molecule has 0 aliphatic carbocycles. The smallest absolute Gasteiger partial charge is 0.0670 e. The van der Waals surface area contributed by atoms with Gasteiger partial charge < -0.3 is 5.11 Å². The van der Waals surface area contributed by atoms with E-state index < -0.39 is 0 Å². The Morgan fingerprint density at radius 1 is 1.33 bits per heavy atom. The predicted molar refractivity (Wildman–Crippen MR) is 68.6 cm³/mol. The lowest BCUT2D eigenvalue weighted by Gasteiger charge is -2.12. The number of hydrogen-bond donors (Lipinski definition) is 1. The highest BCUT2D eigenvalue weighted by atomic mass is 32.2. The Balaban J connectivity index is 2.59. The van der Waals surface area contributed by atoms with Gasteiger partial charge in [0, 0.05) is 5.75 Å². The number of thioether (sulfide) groups is 1. The average molecular weight is 224 g/mol. The molecule has 0 aromatic heterocycles. The van der Waals surface area contributed by atoms with E-state index in [0.29, 0.717) is 0 Å². The molecule has 0 aliphatic heterocycles. The first-order chi connectivity index (χ1) is 7.13. The fraction of sp³-hybridized carbons (Fsp3) is 0.538. The molecule has 0 spiro atoms. The first kappa shape index (κ1) is 12.6. The SMILES string of the molecule is CCSCC(O)Cc1cc(C)ccc1C. The molecule has 1 aromatic rings. The van der Waals surface area contributed by atoms with Crippen LogP contribution in [0.25, 0.3) is 0 Å². The van der Waals surface area contributed by atoms with Crippen LogP contribution in [0.3, 0.4) is 0 Å². The lowest BCUT2D eigenvalue weighted by atomic mass is 10.0. The summed E-state index contributed by atoms with van der Waals surface area (Å²) in [5.41, 5.74) is 3.83. The highest BCUT2D eigenvalue weighted by molar-refractivity contribution is 7.99. The van der Waals surface area contributed by atoms with Crippen LogP contribution in [0.5, 0.6) is 0 Å². The third kappa shape index (κ3) is 4.27. The van der Waals surface area contributed by atoms with E-state index in [2.05, 4.69) is 39.0 Å². The van der Waals surface area contributed by atoms with Gasteiger partial charge in [0.05, 0.1) is 6.10 Å². The number of rotatable bonds is 5. The normalized spacial score (nSPS) is 12.8. The van der Waals surface area contributed by atoms with Crippen LogP contribution < -0.4 is 0 Å². The molecule has 1 N–H and O–H groups in total. The maximum absolute atomic E-state index is 9.83. The van der Waals surface area contributed by atoms with Crippen molar-refractivity contribution >= 4 is 11.8 Å². The largest absolute Gasteiger partial charge is 0.392 e. The molecular formula is C13H20OS. The van der Waals surface area contributed by atoms with Crippen LogP contribution >= 0.6 is 11.8 Å². The van der Waals surface area contributed by atoms with Crippen molar-refractivity contribution in [3.63, 3.8) is 0 Å². The molecule has 0 amide bonds. The van der Waals surface area contributed by atoms with Crippen molar-refractivity contribution in [3.05, 3.63) is 34.9 Å². The van der Waals surface area contributed by atoms with Crippen molar-refractivity contribution in [2.24, 2.45) is 0 Å². The Labute approximate surface area is 96.9 Å². The molecule has 1 nitrogen and oxygen atoms in total. The topological polar surface area (TPSA) is 20.2 Å². The second-order valence-corrected chi connectivity index (χ2v) is 5.27. The van der Waals surface area contributed by atoms with Crippen LogP contribution in [0.15, 0.2) is 18.2 Å². The van der Waals surface area contributed by atoms with E-state index in [9.17, 15) is 5.11 Å². The van der Waals surface area contributed by atoms with Gasteiger partial charge in [0.25, 0.3) is 0 Å². The Morgan fingerprint density at radius 3 is 2.73 bits per heavy atom. The molecule has 84 valence electrons. The third-order valence-electron chi connectivity index (χ3n) is 2.47. The molecule has 0 bridgehead atoms. The number of hydrogen-bond acceptors (Lipinski definition) is 2. The fourth-order valence-corrected chi connectivity index (χ4v) is 2.21. The van der Waals surface area contributed by atoms with Crippen molar-refractivity contribution < 1.29 is 5.11 Å². The number of aryl methyl sites for hydroxylation is 2. The summed E-state index contributed by atoms with van der Waals surface area (Å²) in [6.45, 7) is 6.32. The molecule has 0 fully saturated rings. The van der Waals surface area contributed by atoms with Crippen LogP contribution in [0.2, 0.25) is 0 Å². The lowest BCUT2D eigenvalue weighted by molar-refractivity contribution is 0.200. The number of benzene rings is 1. The van der Waals surface area contributed by atoms with Gasteiger partial charge in [0.15, 0.2) is 0 Å². The zero-order chi connectivity index (χ0) is 11.3. The van der Waals surface area contributed by atoms with Gasteiger partial charge in [-0.25, -0.2) is 0 Å². The van der Waals surface area contributed by atoms with Gasteiger partial charge in [-0.15, -0.1) is 0 Å². The summed E-state index contributed by atoms with van der Waals surface area (Å²) < 4.78 is 0. The van der Waals surface area contributed by atoms with Crippen LogP contribution in [0, 0.1) is 13.8 Å². The number of aliphatic hydroxyl groups excluding tert-OH is 1. The monoisotopic (exact) mass is 224 g/mol. The van der Waals surface area contributed by atoms with E-state index in [1.165, 1.54) is 16.7 Å². The molecule has 0 aliphatic rings. The van der Waals surface area contributed by atoms with Crippen molar-refractivity contribution in [2.75, 3.05) is 11.5 Å². The summed E-state index contributed by atoms with van der Waals surface area (Å²) >= 11 is 1.80. The second kappa shape index (κ2) is 6.19. The van der Waals surface area contributed by atoms with Crippen molar-refractivity contribution in [1.29, 1.82) is 0 Å². The van der Waals surface area contributed by atoms with Gasteiger partial charge >= 0.3 is 0 Å². The van der Waals surface area contributed by atoms with E-state index >= 15 is 0 Å². The van der Waals surface area contributed by atoms with Gasteiger partial charge in [-0.05, 0) is 37.1 Å². The van der Waals surface area contributed by atoms with E-state index in [1.807, 2.05) is 0 Å². The first-order valence-corrected chi connectivity index (χ1v) is 6.61. The predicted octanol–water partition coefficient (Wildman–Crippen LogP) is 2.96.